The van der Waals surface area contributed by atoms with E-state index in [9.17, 15) is 18.0 Å². The van der Waals surface area contributed by atoms with Crippen molar-refractivity contribution in [3.63, 3.8) is 0 Å². The number of halogens is 3. The molecular formula is C14H8F3N3O. The highest BCUT2D eigenvalue weighted by atomic mass is 19.2. The highest BCUT2D eigenvalue weighted by Crippen LogP contribution is 2.20. The van der Waals surface area contributed by atoms with Crippen molar-refractivity contribution in [3.8, 4) is 0 Å². The van der Waals surface area contributed by atoms with E-state index >= 15 is 0 Å². The molecule has 0 unspecified atom stereocenters. The van der Waals surface area contributed by atoms with Crippen LogP contribution in [0.25, 0.3) is 10.9 Å². The Bertz CT molecular complexity index is 845. The number of hydrogen-bond acceptors (Lipinski definition) is 2. The smallest absolute Gasteiger partial charge is 0.255 e. The van der Waals surface area contributed by atoms with E-state index in [0.29, 0.717) is 17.6 Å². The number of anilines is 1. The Morgan fingerprint density at radius 2 is 1.95 bits per heavy atom. The predicted molar refractivity (Wildman–Crippen MR) is 70.4 cm³/mol. The van der Waals surface area contributed by atoms with Gasteiger partial charge in [-0.1, -0.05) is 6.07 Å². The van der Waals surface area contributed by atoms with Crippen LogP contribution in [-0.4, -0.2) is 16.1 Å². The Kier molecular flexibility index (Phi) is 3.09. The van der Waals surface area contributed by atoms with Gasteiger partial charge in [-0.25, -0.2) is 13.2 Å². The van der Waals surface area contributed by atoms with Crippen LogP contribution in [0.15, 0.2) is 36.5 Å². The van der Waals surface area contributed by atoms with Crippen LogP contribution < -0.4 is 5.32 Å². The molecule has 0 bridgehead atoms. The lowest BCUT2D eigenvalue weighted by molar-refractivity contribution is 0.102. The molecule has 0 radical (unpaired) electrons. The molecule has 1 amide bonds. The van der Waals surface area contributed by atoms with E-state index in [1.54, 1.807) is 12.3 Å². The third-order valence-electron chi connectivity index (χ3n) is 2.95. The van der Waals surface area contributed by atoms with Crippen LogP contribution >= 0.6 is 0 Å². The van der Waals surface area contributed by atoms with Gasteiger partial charge in [0.1, 0.15) is 5.82 Å². The first-order chi connectivity index (χ1) is 10.0. The molecule has 2 aromatic carbocycles. The molecule has 21 heavy (non-hydrogen) atoms. The van der Waals surface area contributed by atoms with E-state index in [1.165, 1.54) is 12.1 Å². The van der Waals surface area contributed by atoms with Crippen LogP contribution in [-0.2, 0) is 0 Å². The molecule has 0 atom stereocenters. The lowest BCUT2D eigenvalue weighted by Crippen LogP contribution is -2.13. The molecule has 4 nitrogen and oxygen atoms in total. The number of carbonyl (C=O) groups excluding carboxylic acids is 1. The lowest BCUT2D eigenvalue weighted by atomic mass is 10.1. The van der Waals surface area contributed by atoms with Crippen molar-refractivity contribution in [1.82, 2.24) is 10.2 Å². The predicted octanol–water partition coefficient (Wildman–Crippen LogP) is 3.23. The van der Waals surface area contributed by atoms with Gasteiger partial charge in [0, 0.05) is 23.1 Å². The Labute approximate surface area is 116 Å². The maximum atomic E-state index is 13.5. The zero-order chi connectivity index (χ0) is 15.0. The average Bonchev–Trinajstić information content (AvgIpc) is 2.91. The normalized spacial score (nSPS) is 10.8. The van der Waals surface area contributed by atoms with Crippen molar-refractivity contribution < 1.29 is 18.0 Å². The van der Waals surface area contributed by atoms with E-state index in [-0.39, 0.29) is 5.56 Å². The molecule has 7 heteroatoms. The van der Waals surface area contributed by atoms with Crippen molar-refractivity contribution in [2.45, 2.75) is 0 Å². The number of aromatic amines is 1. The summed E-state index contributed by atoms with van der Waals surface area (Å²) in [4.78, 5) is 12.0. The Hall–Kier alpha value is -2.83. The van der Waals surface area contributed by atoms with Gasteiger partial charge in [0.05, 0.1) is 17.4 Å². The lowest BCUT2D eigenvalue weighted by Gasteiger charge is -2.07. The maximum Gasteiger partial charge on any atom is 0.255 e. The molecular weight excluding hydrogens is 283 g/mol. The number of amides is 1. The van der Waals surface area contributed by atoms with Gasteiger partial charge < -0.3 is 5.32 Å². The summed E-state index contributed by atoms with van der Waals surface area (Å²) in [7, 11) is 0. The summed E-state index contributed by atoms with van der Waals surface area (Å²) in [6, 6.07) is 5.77. The molecule has 0 aliphatic heterocycles. The molecule has 1 heterocycles. The summed E-state index contributed by atoms with van der Waals surface area (Å²) in [6.07, 6.45) is 1.58. The first kappa shape index (κ1) is 13.2. The Morgan fingerprint density at radius 1 is 1.14 bits per heavy atom. The van der Waals surface area contributed by atoms with Gasteiger partial charge in [0.15, 0.2) is 11.6 Å². The van der Waals surface area contributed by atoms with Gasteiger partial charge in [0.2, 0.25) is 0 Å². The van der Waals surface area contributed by atoms with Gasteiger partial charge in [-0.2, -0.15) is 5.10 Å². The number of fused-ring (bicyclic) bond motifs is 1. The van der Waals surface area contributed by atoms with E-state index in [1.807, 2.05) is 0 Å². The first-order valence-corrected chi connectivity index (χ1v) is 5.93. The molecule has 0 saturated carbocycles. The standard InChI is InChI=1S/C14H8F3N3O/c15-9-4-10(16)13(17)12(5-9)19-14(21)7-1-2-8-6-18-20-11(8)3-7/h1-6H,(H,18,20)(H,19,21). The molecule has 106 valence electrons. The van der Waals surface area contributed by atoms with Crippen LogP contribution in [0.2, 0.25) is 0 Å². The minimum Gasteiger partial charge on any atom is -0.319 e. The molecule has 0 aliphatic carbocycles. The molecule has 0 aliphatic rings. The fourth-order valence-electron chi connectivity index (χ4n) is 1.92. The van der Waals surface area contributed by atoms with Crippen molar-refractivity contribution in [3.05, 3.63) is 59.5 Å². The number of benzene rings is 2. The molecule has 3 rings (SSSR count). The van der Waals surface area contributed by atoms with Crippen molar-refractivity contribution >= 4 is 22.5 Å². The van der Waals surface area contributed by atoms with E-state index in [0.717, 1.165) is 5.39 Å². The summed E-state index contributed by atoms with van der Waals surface area (Å²) >= 11 is 0. The van der Waals surface area contributed by atoms with E-state index in [4.69, 9.17) is 0 Å². The Balaban J connectivity index is 1.92. The monoisotopic (exact) mass is 291 g/mol. The van der Waals surface area contributed by atoms with Crippen molar-refractivity contribution in [2.75, 3.05) is 5.32 Å². The van der Waals surface area contributed by atoms with Gasteiger partial charge >= 0.3 is 0 Å². The second kappa shape index (κ2) is 4.93. The largest absolute Gasteiger partial charge is 0.319 e. The van der Waals surface area contributed by atoms with Crippen molar-refractivity contribution in [1.29, 1.82) is 0 Å². The third kappa shape index (κ3) is 2.45. The van der Waals surface area contributed by atoms with Crippen LogP contribution in [0.1, 0.15) is 10.4 Å². The number of H-pyrrole nitrogens is 1. The molecule has 0 saturated heterocycles. The fourth-order valence-corrected chi connectivity index (χ4v) is 1.92. The van der Waals surface area contributed by atoms with Crippen molar-refractivity contribution in [2.24, 2.45) is 0 Å². The molecule has 0 fully saturated rings. The minimum absolute atomic E-state index is 0.204. The zero-order valence-corrected chi connectivity index (χ0v) is 10.5. The highest BCUT2D eigenvalue weighted by Gasteiger charge is 2.15. The van der Waals surface area contributed by atoms with Gasteiger partial charge in [-0.3, -0.25) is 9.89 Å². The van der Waals surface area contributed by atoms with Crippen LogP contribution in [0.4, 0.5) is 18.9 Å². The molecule has 2 N–H and O–H groups in total. The topological polar surface area (TPSA) is 57.8 Å². The summed E-state index contributed by atoms with van der Waals surface area (Å²) < 4.78 is 39.6. The van der Waals surface area contributed by atoms with Gasteiger partial charge in [-0.15, -0.1) is 0 Å². The second-order valence-corrected chi connectivity index (χ2v) is 4.38. The summed E-state index contributed by atoms with van der Waals surface area (Å²) in [5.74, 6) is -4.34. The van der Waals surface area contributed by atoms with Crippen LogP contribution in [0, 0.1) is 17.5 Å². The fraction of sp³-hybridized carbons (Fsp3) is 0. The van der Waals surface area contributed by atoms with E-state index in [2.05, 4.69) is 15.5 Å². The quantitative estimate of drug-likeness (QED) is 0.712. The molecule has 3 aromatic rings. The second-order valence-electron chi connectivity index (χ2n) is 4.38. The van der Waals surface area contributed by atoms with Gasteiger partial charge in [0.25, 0.3) is 5.91 Å². The number of nitrogens with zero attached hydrogens (tertiary/aromatic N) is 1. The average molecular weight is 291 g/mol. The number of rotatable bonds is 2. The number of hydrogen-bond donors (Lipinski definition) is 2. The SMILES string of the molecule is O=C(Nc1cc(F)cc(F)c1F)c1ccc2cn[nH]c2c1. The zero-order valence-electron chi connectivity index (χ0n) is 10.5. The molecule has 1 aromatic heterocycles. The Morgan fingerprint density at radius 3 is 2.76 bits per heavy atom. The summed E-state index contributed by atoms with van der Waals surface area (Å²) in [6.45, 7) is 0. The molecule has 0 spiro atoms. The first-order valence-electron chi connectivity index (χ1n) is 5.93. The highest BCUT2D eigenvalue weighted by molar-refractivity contribution is 6.06. The maximum absolute atomic E-state index is 13.5. The number of nitrogens with one attached hydrogen (secondary N) is 2. The summed E-state index contributed by atoms with van der Waals surface area (Å²) in [5, 5.41) is 9.43. The third-order valence-corrected chi connectivity index (χ3v) is 2.95. The number of carbonyl (C=O) groups is 1. The number of aromatic nitrogens is 2. The van der Waals surface area contributed by atoms with Crippen LogP contribution in [0.3, 0.4) is 0 Å². The van der Waals surface area contributed by atoms with Gasteiger partial charge in [-0.05, 0) is 12.1 Å². The minimum atomic E-state index is -1.37. The van der Waals surface area contributed by atoms with E-state index < -0.39 is 29.0 Å². The van der Waals surface area contributed by atoms with Crippen LogP contribution in [0.5, 0.6) is 0 Å². The summed E-state index contributed by atoms with van der Waals surface area (Å²) in [5.41, 5.74) is 0.270.